The van der Waals surface area contributed by atoms with E-state index in [4.69, 9.17) is 4.74 Å². The zero-order valence-electron chi connectivity index (χ0n) is 12.5. The van der Waals surface area contributed by atoms with E-state index in [0.717, 1.165) is 5.56 Å². The second-order valence-electron chi connectivity index (χ2n) is 6.36. The van der Waals surface area contributed by atoms with Crippen LogP contribution in [0, 0.1) is 0 Å². The van der Waals surface area contributed by atoms with E-state index in [9.17, 15) is 14.7 Å². The van der Waals surface area contributed by atoms with Crippen molar-refractivity contribution in [3.05, 3.63) is 22.4 Å². The Labute approximate surface area is 128 Å². The predicted molar refractivity (Wildman–Crippen MR) is 77.9 cm³/mol. The van der Waals surface area contributed by atoms with Crippen LogP contribution in [0.3, 0.4) is 0 Å². The summed E-state index contributed by atoms with van der Waals surface area (Å²) in [6, 6.07) is 1.88. The van der Waals surface area contributed by atoms with Crippen molar-refractivity contribution in [3.63, 3.8) is 0 Å². The molecule has 1 aliphatic rings. The van der Waals surface area contributed by atoms with E-state index in [2.05, 4.69) is 0 Å². The molecule has 0 bridgehead atoms. The topological polar surface area (TPSA) is 69.7 Å². The number of carbonyl (C=O) groups is 2. The number of likely N-dealkylation sites (tertiary alicyclic amines) is 1. The van der Waals surface area contributed by atoms with Gasteiger partial charge in [-0.1, -0.05) is 0 Å². The Balaban J connectivity index is 2.26. The van der Waals surface area contributed by atoms with Crippen molar-refractivity contribution < 1.29 is 19.4 Å². The fraction of sp³-hybridized carbons (Fsp3) is 0.600. The largest absolute Gasteiger partial charge is 0.548 e. The molecule has 0 aromatic carbocycles. The molecule has 2 rings (SSSR count). The zero-order chi connectivity index (χ0) is 15.7. The Morgan fingerprint density at radius 1 is 1.48 bits per heavy atom. The van der Waals surface area contributed by atoms with Gasteiger partial charge in [-0.3, -0.25) is 4.90 Å². The van der Waals surface area contributed by atoms with Gasteiger partial charge < -0.3 is 14.6 Å². The number of carbonyl (C=O) groups excluding carboxylic acids is 2. The van der Waals surface area contributed by atoms with Gasteiger partial charge in [0.15, 0.2) is 0 Å². The summed E-state index contributed by atoms with van der Waals surface area (Å²) in [5.74, 6) is -1.21. The lowest BCUT2D eigenvalue weighted by Crippen LogP contribution is -2.60. The fourth-order valence-electron chi connectivity index (χ4n) is 2.66. The first-order valence-corrected chi connectivity index (χ1v) is 7.92. The Morgan fingerprint density at radius 2 is 2.19 bits per heavy atom. The summed E-state index contributed by atoms with van der Waals surface area (Å²) >= 11 is 1.50. The van der Waals surface area contributed by atoms with Gasteiger partial charge in [-0.15, -0.1) is 0 Å². The minimum atomic E-state index is -1.30. The van der Waals surface area contributed by atoms with Crippen molar-refractivity contribution in [1.29, 1.82) is 0 Å². The van der Waals surface area contributed by atoms with Crippen LogP contribution in [0.2, 0.25) is 0 Å². The Kier molecular flexibility index (Phi) is 4.27. The number of aliphatic carboxylic acids is 1. The smallest absolute Gasteiger partial charge is 0.411 e. The maximum atomic E-state index is 12.3. The average Bonchev–Trinajstić information content (AvgIpc) is 2.96. The van der Waals surface area contributed by atoms with E-state index >= 15 is 0 Å². The normalized spacial score (nSPS) is 22.3. The van der Waals surface area contributed by atoms with E-state index in [0.29, 0.717) is 19.4 Å². The highest BCUT2D eigenvalue weighted by atomic mass is 32.1. The number of thiophene rings is 1. The molecule has 1 amide bonds. The van der Waals surface area contributed by atoms with E-state index in [-0.39, 0.29) is 6.42 Å². The predicted octanol–water partition coefficient (Wildman–Crippen LogP) is 1.81. The number of nitrogens with zero attached hydrogens (tertiary/aromatic N) is 1. The molecule has 1 aromatic heterocycles. The fourth-order valence-corrected chi connectivity index (χ4v) is 3.33. The Bertz CT molecular complexity index is 520. The summed E-state index contributed by atoms with van der Waals surface area (Å²) in [6.45, 7) is 5.68. The molecule has 1 saturated heterocycles. The minimum absolute atomic E-state index is 0.262. The third-order valence-corrected chi connectivity index (χ3v) is 4.29. The molecular formula is C15H20NO4S-. The molecule has 21 heavy (non-hydrogen) atoms. The van der Waals surface area contributed by atoms with Gasteiger partial charge in [-0.2, -0.15) is 11.3 Å². The third-order valence-electron chi connectivity index (χ3n) is 3.56. The van der Waals surface area contributed by atoms with Gasteiger partial charge in [0, 0.05) is 13.0 Å². The molecule has 0 saturated carbocycles. The van der Waals surface area contributed by atoms with Gasteiger partial charge in [0.2, 0.25) is 0 Å². The molecule has 1 fully saturated rings. The molecule has 0 unspecified atom stereocenters. The number of amides is 1. The van der Waals surface area contributed by atoms with Crippen LogP contribution >= 0.6 is 11.3 Å². The Morgan fingerprint density at radius 3 is 2.71 bits per heavy atom. The monoisotopic (exact) mass is 310 g/mol. The van der Waals surface area contributed by atoms with E-state index in [1.165, 1.54) is 16.2 Å². The van der Waals surface area contributed by atoms with Crippen LogP contribution in [-0.4, -0.2) is 34.6 Å². The second-order valence-corrected chi connectivity index (χ2v) is 7.14. The standard InChI is InChI=1S/C15H21NO4S/c1-14(2,3)20-13(19)16-7-4-6-15(16,12(17)18)9-11-5-8-21-10-11/h5,8,10H,4,6-7,9H2,1-3H3,(H,17,18)/p-1/t15-/m0/s1. The first-order chi connectivity index (χ1) is 9.74. The summed E-state index contributed by atoms with van der Waals surface area (Å²) in [5, 5.41) is 15.6. The minimum Gasteiger partial charge on any atom is -0.548 e. The molecule has 1 aliphatic heterocycles. The molecule has 1 atom stereocenters. The lowest BCUT2D eigenvalue weighted by Gasteiger charge is -2.39. The molecular weight excluding hydrogens is 290 g/mol. The highest BCUT2D eigenvalue weighted by Gasteiger charge is 2.46. The lowest BCUT2D eigenvalue weighted by atomic mass is 9.89. The maximum Gasteiger partial charge on any atom is 0.411 e. The number of ether oxygens (including phenoxy) is 1. The van der Waals surface area contributed by atoms with Gasteiger partial charge in [0.25, 0.3) is 0 Å². The van der Waals surface area contributed by atoms with Crippen molar-refractivity contribution in [1.82, 2.24) is 4.90 Å². The van der Waals surface area contributed by atoms with Crippen molar-refractivity contribution in [2.75, 3.05) is 6.54 Å². The molecule has 0 radical (unpaired) electrons. The molecule has 2 heterocycles. The molecule has 6 heteroatoms. The zero-order valence-corrected chi connectivity index (χ0v) is 13.4. The number of carboxylic acid groups (broad SMARTS) is 1. The maximum absolute atomic E-state index is 12.3. The molecule has 0 spiro atoms. The van der Waals surface area contributed by atoms with E-state index < -0.39 is 23.2 Å². The van der Waals surface area contributed by atoms with Gasteiger partial charge in [-0.25, -0.2) is 4.79 Å². The second kappa shape index (κ2) is 5.67. The molecule has 0 aliphatic carbocycles. The van der Waals surface area contributed by atoms with Crippen LogP contribution in [0.25, 0.3) is 0 Å². The van der Waals surface area contributed by atoms with Crippen LogP contribution in [0.1, 0.15) is 39.2 Å². The van der Waals surface area contributed by atoms with Gasteiger partial charge in [-0.05, 0) is 56.0 Å². The Hall–Kier alpha value is -1.56. The van der Waals surface area contributed by atoms with Crippen LogP contribution in [0.5, 0.6) is 0 Å². The first kappa shape index (κ1) is 15.8. The molecule has 116 valence electrons. The van der Waals surface area contributed by atoms with Gasteiger partial charge >= 0.3 is 6.09 Å². The summed E-state index contributed by atoms with van der Waals surface area (Å²) in [7, 11) is 0. The van der Waals surface area contributed by atoms with E-state index in [1.807, 2.05) is 16.8 Å². The molecule has 1 aromatic rings. The van der Waals surface area contributed by atoms with Crippen LogP contribution in [0.4, 0.5) is 4.79 Å². The summed E-state index contributed by atoms with van der Waals surface area (Å²) in [4.78, 5) is 25.4. The van der Waals surface area contributed by atoms with E-state index in [1.54, 1.807) is 20.8 Å². The van der Waals surface area contributed by atoms with Crippen LogP contribution < -0.4 is 5.11 Å². The first-order valence-electron chi connectivity index (χ1n) is 6.98. The summed E-state index contributed by atoms with van der Waals surface area (Å²) in [5.41, 5.74) is -1.05. The lowest BCUT2D eigenvalue weighted by molar-refractivity contribution is -0.317. The van der Waals surface area contributed by atoms with Crippen molar-refractivity contribution in [2.24, 2.45) is 0 Å². The summed E-state index contributed by atoms with van der Waals surface area (Å²) in [6.07, 6.45) is 0.708. The summed E-state index contributed by atoms with van der Waals surface area (Å²) < 4.78 is 5.34. The number of hydrogen-bond acceptors (Lipinski definition) is 5. The SMILES string of the molecule is CC(C)(C)OC(=O)N1CCC[C@]1(Cc1ccsc1)C(=O)[O-]. The van der Waals surface area contributed by atoms with Gasteiger partial charge in [0.05, 0.1) is 11.5 Å². The molecule has 5 nitrogen and oxygen atoms in total. The highest BCUT2D eigenvalue weighted by molar-refractivity contribution is 7.07. The third kappa shape index (κ3) is 3.37. The van der Waals surface area contributed by atoms with Crippen molar-refractivity contribution in [2.45, 2.75) is 51.2 Å². The molecule has 0 N–H and O–H groups in total. The highest BCUT2D eigenvalue weighted by Crippen LogP contribution is 2.34. The quantitative estimate of drug-likeness (QED) is 0.854. The van der Waals surface area contributed by atoms with Crippen molar-refractivity contribution in [3.8, 4) is 0 Å². The number of carboxylic acids is 1. The number of rotatable bonds is 3. The average molecular weight is 310 g/mol. The number of hydrogen-bond donors (Lipinski definition) is 0. The van der Waals surface area contributed by atoms with Crippen LogP contribution in [-0.2, 0) is 16.0 Å². The van der Waals surface area contributed by atoms with Crippen molar-refractivity contribution >= 4 is 23.4 Å². The van der Waals surface area contributed by atoms with Crippen LogP contribution in [0.15, 0.2) is 16.8 Å². The van der Waals surface area contributed by atoms with Gasteiger partial charge in [0.1, 0.15) is 5.60 Å².